The van der Waals surface area contributed by atoms with E-state index in [-0.39, 0.29) is 13.2 Å². The quantitative estimate of drug-likeness (QED) is 0.571. The molecular weight excluding hydrogens is 256 g/mol. The molecule has 0 saturated heterocycles. The van der Waals surface area contributed by atoms with E-state index in [9.17, 15) is 13.2 Å². The Labute approximate surface area is 106 Å². The van der Waals surface area contributed by atoms with Gasteiger partial charge in [0.25, 0.3) is 0 Å². The van der Waals surface area contributed by atoms with Crippen LogP contribution in [0.3, 0.4) is 0 Å². The van der Waals surface area contributed by atoms with E-state index in [4.69, 9.17) is 5.73 Å². The third-order valence-corrected chi connectivity index (χ3v) is 3.26. The lowest BCUT2D eigenvalue weighted by molar-refractivity contribution is -0.139. The van der Waals surface area contributed by atoms with E-state index in [0.29, 0.717) is 5.69 Å². The van der Waals surface area contributed by atoms with Crippen molar-refractivity contribution in [3.05, 3.63) is 29.8 Å². The van der Waals surface area contributed by atoms with Crippen LogP contribution < -0.4 is 10.5 Å². The molecule has 0 atom stereocenters. The number of ether oxygens (including phenoxy) is 1. The SMILES string of the molecule is CCOC(=O)CS(=O)(=O)NCc1cccc(N)c1. The molecule has 0 spiro atoms. The van der Waals surface area contributed by atoms with Gasteiger partial charge in [-0.15, -0.1) is 0 Å². The number of carbonyl (C=O) groups excluding carboxylic acids is 1. The second-order valence-electron chi connectivity index (χ2n) is 3.63. The number of hydrogen-bond acceptors (Lipinski definition) is 5. The van der Waals surface area contributed by atoms with Gasteiger partial charge in [-0.2, -0.15) is 0 Å². The van der Waals surface area contributed by atoms with Crippen LogP contribution in [0.4, 0.5) is 5.69 Å². The van der Waals surface area contributed by atoms with Gasteiger partial charge in [-0.05, 0) is 24.6 Å². The van der Waals surface area contributed by atoms with Crippen molar-refractivity contribution in [3.8, 4) is 0 Å². The topological polar surface area (TPSA) is 98.5 Å². The molecule has 1 aromatic rings. The lowest BCUT2D eigenvalue weighted by atomic mass is 10.2. The maximum atomic E-state index is 11.5. The van der Waals surface area contributed by atoms with Gasteiger partial charge in [-0.3, -0.25) is 4.79 Å². The van der Waals surface area contributed by atoms with Gasteiger partial charge >= 0.3 is 5.97 Å². The monoisotopic (exact) mass is 272 g/mol. The maximum Gasteiger partial charge on any atom is 0.322 e. The first-order valence-corrected chi connectivity index (χ1v) is 7.05. The fourth-order valence-electron chi connectivity index (χ4n) is 1.31. The largest absolute Gasteiger partial charge is 0.465 e. The van der Waals surface area contributed by atoms with Crippen molar-refractivity contribution in [2.24, 2.45) is 0 Å². The zero-order valence-corrected chi connectivity index (χ0v) is 10.9. The summed E-state index contributed by atoms with van der Waals surface area (Å²) in [6.07, 6.45) is 0. The highest BCUT2D eigenvalue weighted by Crippen LogP contribution is 2.06. The molecule has 1 aromatic carbocycles. The van der Waals surface area contributed by atoms with Crippen molar-refractivity contribution in [2.75, 3.05) is 18.1 Å². The van der Waals surface area contributed by atoms with Crippen LogP contribution in [0.25, 0.3) is 0 Å². The normalized spacial score (nSPS) is 11.2. The first kappa shape index (κ1) is 14.5. The van der Waals surface area contributed by atoms with Crippen LogP contribution in [0.5, 0.6) is 0 Å². The Morgan fingerprint density at radius 3 is 2.78 bits per heavy atom. The van der Waals surface area contributed by atoms with Crippen LogP contribution in [-0.2, 0) is 26.1 Å². The molecule has 0 aliphatic heterocycles. The number of rotatable bonds is 6. The predicted octanol–water partition coefficient (Wildman–Crippen LogP) is 0.251. The van der Waals surface area contributed by atoms with Gasteiger partial charge in [-0.1, -0.05) is 12.1 Å². The average molecular weight is 272 g/mol. The standard InChI is InChI=1S/C11H16N2O4S/c1-2-17-11(14)8-18(15,16)13-7-9-4-3-5-10(12)6-9/h3-6,13H,2,7-8,12H2,1H3. The summed E-state index contributed by atoms with van der Waals surface area (Å²) in [4.78, 5) is 11.1. The summed E-state index contributed by atoms with van der Waals surface area (Å²) in [7, 11) is -3.68. The van der Waals surface area contributed by atoms with Crippen LogP contribution in [0.2, 0.25) is 0 Å². The molecule has 7 heteroatoms. The highest BCUT2D eigenvalue weighted by atomic mass is 32.2. The van der Waals surface area contributed by atoms with Gasteiger partial charge in [0.15, 0.2) is 5.75 Å². The summed E-state index contributed by atoms with van der Waals surface area (Å²) in [5.74, 6) is -1.44. The summed E-state index contributed by atoms with van der Waals surface area (Å²) in [6, 6.07) is 6.83. The first-order chi connectivity index (χ1) is 8.43. The van der Waals surface area contributed by atoms with E-state index in [1.807, 2.05) is 0 Å². The molecule has 0 saturated carbocycles. The van der Waals surface area contributed by atoms with Gasteiger partial charge in [0.2, 0.25) is 10.0 Å². The molecule has 0 heterocycles. The molecule has 6 nitrogen and oxygen atoms in total. The minimum Gasteiger partial charge on any atom is -0.465 e. The number of nitrogen functional groups attached to an aromatic ring is 1. The molecular formula is C11H16N2O4S. The van der Waals surface area contributed by atoms with Crippen molar-refractivity contribution >= 4 is 21.7 Å². The van der Waals surface area contributed by atoms with Gasteiger partial charge in [0.05, 0.1) is 6.61 Å². The average Bonchev–Trinajstić information content (AvgIpc) is 2.26. The molecule has 18 heavy (non-hydrogen) atoms. The maximum absolute atomic E-state index is 11.5. The molecule has 0 aliphatic carbocycles. The Morgan fingerprint density at radius 2 is 2.17 bits per heavy atom. The third kappa shape index (κ3) is 5.15. The molecule has 0 aromatic heterocycles. The van der Waals surface area contributed by atoms with Crippen molar-refractivity contribution in [1.29, 1.82) is 0 Å². The molecule has 100 valence electrons. The van der Waals surface area contributed by atoms with Gasteiger partial charge in [-0.25, -0.2) is 13.1 Å². The Kier molecular flexibility index (Phi) is 5.11. The number of nitrogens with two attached hydrogens (primary N) is 1. The Morgan fingerprint density at radius 1 is 1.44 bits per heavy atom. The number of sulfonamides is 1. The number of benzene rings is 1. The second-order valence-corrected chi connectivity index (χ2v) is 5.44. The fourth-order valence-corrected chi connectivity index (χ4v) is 2.19. The van der Waals surface area contributed by atoms with Crippen LogP contribution >= 0.6 is 0 Å². The Balaban J connectivity index is 2.54. The summed E-state index contributed by atoms with van der Waals surface area (Å²) in [6.45, 7) is 1.86. The van der Waals surface area contributed by atoms with E-state index in [2.05, 4.69) is 9.46 Å². The summed E-state index contributed by atoms with van der Waals surface area (Å²) >= 11 is 0. The molecule has 1 rings (SSSR count). The summed E-state index contributed by atoms with van der Waals surface area (Å²) < 4.78 is 29.9. The Bertz CT molecular complexity index is 514. The fraction of sp³-hybridized carbons (Fsp3) is 0.364. The summed E-state index contributed by atoms with van der Waals surface area (Å²) in [5, 5.41) is 0. The molecule has 0 unspecified atom stereocenters. The molecule has 0 aliphatic rings. The molecule has 0 radical (unpaired) electrons. The minimum atomic E-state index is -3.68. The summed E-state index contributed by atoms with van der Waals surface area (Å²) in [5.41, 5.74) is 6.84. The van der Waals surface area contributed by atoms with E-state index >= 15 is 0 Å². The minimum absolute atomic E-state index is 0.0901. The zero-order valence-electron chi connectivity index (χ0n) is 10.0. The van der Waals surface area contributed by atoms with E-state index in [1.54, 1.807) is 31.2 Å². The lowest BCUT2D eigenvalue weighted by Gasteiger charge is -2.07. The van der Waals surface area contributed by atoms with Gasteiger partial charge in [0.1, 0.15) is 0 Å². The molecule has 3 N–H and O–H groups in total. The first-order valence-electron chi connectivity index (χ1n) is 5.40. The zero-order chi connectivity index (χ0) is 13.6. The van der Waals surface area contributed by atoms with E-state index in [0.717, 1.165) is 5.56 Å². The number of anilines is 1. The third-order valence-electron chi connectivity index (χ3n) is 2.06. The highest BCUT2D eigenvalue weighted by Gasteiger charge is 2.16. The van der Waals surface area contributed by atoms with Crippen LogP contribution in [0, 0.1) is 0 Å². The van der Waals surface area contributed by atoms with Crippen molar-refractivity contribution in [2.45, 2.75) is 13.5 Å². The van der Waals surface area contributed by atoms with Gasteiger partial charge < -0.3 is 10.5 Å². The smallest absolute Gasteiger partial charge is 0.322 e. The lowest BCUT2D eigenvalue weighted by Crippen LogP contribution is -2.30. The van der Waals surface area contributed by atoms with E-state index in [1.165, 1.54) is 0 Å². The predicted molar refractivity (Wildman–Crippen MR) is 68.1 cm³/mol. The van der Waals surface area contributed by atoms with E-state index < -0.39 is 21.7 Å². The highest BCUT2D eigenvalue weighted by molar-refractivity contribution is 7.90. The number of nitrogens with one attached hydrogen (secondary N) is 1. The van der Waals surface area contributed by atoms with Crippen molar-refractivity contribution < 1.29 is 17.9 Å². The molecule has 0 bridgehead atoms. The number of hydrogen-bond donors (Lipinski definition) is 2. The van der Waals surface area contributed by atoms with Crippen molar-refractivity contribution in [1.82, 2.24) is 4.72 Å². The Hall–Kier alpha value is -1.60. The number of carbonyl (C=O) groups is 1. The molecule has 0 fully saturated rings. The van der Waals surface area contributed by atoms with Gasteiger partial charge in [0, 0.05) is 12.2 Å². The van der Waals surface area contributed by atoms with Crippen LogP contribution in [0.15, 0.2) is 24.3 Å². The number of esters is 1. The molecule has 0 amide bonds. The van der Waals surface area contributed by atoms with Crippen molar-refractivity contribution in [3.63, 3.8) is 0 Å². The van der Waals surface area contributed by atoms with Crippen LogP contribution in [-0.4, -0.2) is 26.7 Å². The second kappa shape index (κ2) is 6.36. The van der Waals surface area contributed by atoms with Crippen LogP contribution in [0.1, 0.15) is 12.5 Å².